The van der Waals surface area contributed by atoms with Crippen LogP contribution in [0, 0.1) is 0 Å². The summed E-state index contributed by atoms with van der Waals surface area (Å²) in [6, 6.07) is 15.7. The summed E-state index contributed by atoms with van der Waals surface area (Å²) in [5.41, 5.74) is 2.83. The molecule has 0 fully saturated rings. The summed E-state index contributed by atoms with van der Waals surface area (Å²) in [7, 11) is 1.33. The predicted molar refractivity (Wildman–Crippen MR) is 93.5 cm³/mol. The zero-order chi connectivity index (χ0) is 17.5. The summed E-state index contributed by atoms with van der Waals surface area (Å²) in [4.78, 5) is 11.2. The molecular weight excluding hydrogens is 320 g/mol. The van der Waals surface area contributed by atoms with Gasteiger partial charge in [0.2, 0.25) is 0 Å². The maximum Gasteiger partial charge on any atom is 0.343 e. The van der Waals surface area contributed by atoms with Crippen molar-refractivity contribution < 1.29 is 23.4 Å². The van der Waals surface area contributed by atoms with E-state index < -0.39 is 5.97 Å². The summed E-state index contributed by atoms with van der Waals surface area (Å²) < 4.78 is 21.4. The van der Waals surface area contributed by atoms with Crippen molar-refractivity contribution in [3.8, 4) is 5.75 Å². The smallest absolute Gasteiger partial charge is 0.343 e. The molecule has 0 saturated heterocycles. The second-order valence-corrected chi connectivity index (χ2v) is 5.55. The molecule has 1 aromatic heterocycles. The van der Waals surface area contributed by atoms with Crippen LogP contribution in [-0.2, 0) is 27.3 Å². The fraction of sp³-hybridized carbons (Fsp3) is 0.250. The van der Waals surface area contributed by atoms with E-state index in [2.05, 4.69) is 4.74 Å². The summed E-state index contributed by atoms with van der Waals surface area (Å²) in [5.74, 6) is 0.0949. The van der Waals surface area contributed by atoms with Crippen LogP contribution in [0.1, 0.15) is 11.1 Å². The number of methoxy groups -OCH3 is 1. The van der Waals surface area contributed by atoms with Crippen LogP contribution in [-0.4, -0.2) is 26.3 Å². The van der Waals surface area contributed by atoms with Gasteiger partial charge < -0.3 is 18.6 Å². The molecule has 0 amide bonds. The van der Waals surface area contributed by atoms with Gasteiger partial charge in [-0.1, -0.05) is 42.5 Å². The Hall–Kier alpha value is -2.79. The van der Waals surface area contributed by atoms with Crippen LogP contribution in [0.25, 0.3) is 11.0 Å². The number of fused-ring (bicyclic) bond motifs is 1. The largest absolute Gasteiger partial charge is 0.478 e. The first-order valence-electron chi connectivity index (χ1n) is 8.08. The van der Waals surface area contributed by atoms with E-state index in [1.54, 1.807) is 12.3 Å². The van der Waals surface area contributed by atoms with Gasteiger partial charge in [-0.25, -0.2) is 4.79 Å². The van der Waals surface area contributed by atoms with Gasteiger partial charge in [0.25, 0.3) is 0 Å². The van der Waals surface area contributed by atoms with E-state index in [1.807, 2.05) is 42.5 Å². The second-order valence-electron chi connectivity index (χ2n) is 5.55. The maximum atomic E-state index is 11.2. The first kappa shape index (κ1) is 17.0. The van der Waals surface area contributed by atoms with Crippen molar-refractivity contribution in [2.24, 2.45) is 0 Å². The van der Waals surface area contributed by atoms with Crippen molar-refractivity contribution in [3.63, 3.8) is 0 Å². The van der Waals surface area contributed by atoms with Gasteiger partial charge in [0, 0.05) is 10.9 Å². The number of furan rings is 1. The summed E-state index contributed by atoms with van der Waals surface area (Å²) in [6.45, 7) is 1.03. The number of carbonyl (C=O) groups is 1. The number of para-hydroxylation sites is 1. The molecule has 0 bridgehead atoms. The van der Waals surface area contributed by atoms with E-state index in [1.165, 1.54) is 7.11 Å². The molecule has 0 spiro atoms. The van der Waals surface area contributed by atoms with Gasteiger partial charge in [0.1, 0.15) is 0 Å². The molecule has 0 N–H and O–H groups in total. The van der Waals surface area contributed by atoms with E-state index in [0.29, 0.717) is 24.5 Å². The molecule has 0 atom stereocenters. The molecule has 3 aromatic rings. The molecule has 3 rings (SSSR count). The summed E-state index contributed by atoms with van der Waals surface area (Å²) in [6.07, 6.45) is 2.45. The lowest BCUT2D eigenvalue weighted by molar-refractivity contribution is -0.142. The summed E-state index contributed by atoms with van der Waals surface area (Å²) in [5, 5.41) is 0.964. The topological polar surface area (TPSA) is 57.9 Å². The number of ether oxygens (including phenoxy) is 3. The normalized spacial score (nSPS) is 10.8. The molecule has 130 valence electrons. The highest BCUT2D eigenvalue weighted by Crippen LogP contribution is 2.30. The molecule has 2 aromatic carbocycles. The maximum absolute atomic E-state index is 11.2. The lowest BCUT2D eigenvalue weighted by Gasteiger charge is -2.05. The molecule has 0 saturated carbocycles. The minimum absolute atomic E-state index is 0.147. The van der Waals surface area contributed by atoms with Gasteiger partial charge in [0.05, 0.1) is 26.6 Å². The molecule has 25 heavy (non-hydrogen) atoms. The highest BCUT2D eigenvalue weighted by atomic mass is 16.6. The van der Waals surface area contributed by atoms with E-state index in [-0.39, 0.29) is 6.61 Å². The van der Waals surface area contributed by atoms with Crippen LogP contribution in [0.4, 0.5) is 0 Å². The van der Waals surface area contributed by atoms with E-state index in [9.17, 15) is 4.79 Å². The minimum Gasteiger partial charge on any atom is -0.478 e. The van der Waals surface area contributed by atoms with Crippen molar-refractivity contribution in [2.75, 3.05) is 20.3 Å². The molecule has 0 radical (unpaired) electrons. The number of hydrogen-bond donors (Lipinski definition) is 0. The van der Waals surface area contributed by atoms with Crippen molar-refractivity contribution in [1.29, 1.82) is 0 Å². The lowest BCUT2D eigenvalue weighted by Crippen LogP contribution is -2.12. The van der Waals surface area contributed by atoms with Crippen LogP contribution < -0.4 is 4.74 Å². The Labute approximate surface area is 146 Å². The first-order chi connectivity index (χ1) is 12.3. The Morgan fingerprint density at radius 3 is 2.72 bits per heavy atom. The third-order valence-electron chi connectivity index (χ3n) is 3.84. The van der Waals surface area contributed by atoms with Gasteiger partial charge in [-0.15, -0.1) is 0 Å². The van der Waals surface area contributed by atoms with Crippen molar-refractivity contribution in [2.45, 2.75) is 13.0 Å². The van der Waals surface area contributed by atoms with E-state index in [4.69, 9.17) is 13.9 Å². The van der Waals surface area contributed by atoms with Crippen molar-refractivity contribution in [1.82, 2.24) is 0 Å². The molecular formula is C20H20O5. The Morgan fingerprint density at radius 2 is 1.92 bits per heavy atom. The molecule has 0 aliphatic heterocycles. The summed E-state index contributed by atoms with van der Waals surface area (Å²) >= 11 is 0. The predicted octanol–water partition coefficient (Wildman–Crippen LogP) is 3.74. The van der Waals surface area contributed by atoms with E-state index in [0.717, 1.165) is 22.9 Å². The lowest BCUT2D eigenvalue weighted by atomic mass is 10.1. The third-order valence-corrected chi connectivity index (χ3v) is 3.84. The quantitative estimate of drug-likeness (QED) is 0.462. The van der Waals surface area contributed by atoms with Crippen LogP contribution in [0.2, 0.25) is 0 Å². The molecule has 1 heterocycles. The van der Waals surface area contributed by atoms with Crippen molar-refractivity contribution >= 4 is 16.9 Å². The van der Waals surface area contributed by atoms with E-state index >= 15 is 0 Å². The average Bonchev–Trinajstić information content (AvgIpc) is 3.08. The number of esters is 1. The van der Waals surface area contributed by atoms with Gasteiger partial charge in [-0.3, -0.25) is 0 Å². The number of carbonyl (C=O) groups excluding carboxylic acids is 1. The molecule has 0 unspecified atom stereocenters. The fourth-order valence-corrected chi connectivity index (χ4v) is 2.53. The molecule has 5 heteroatoms. The second kappa shape index (κ2) is 8.35. The average molecular weight is 340 g/mol. The number of hydrogen-bond acceptors (Lipinski definition) is 5. The highest BCUT2D eigenvalue weighted by molar-refractivity contribution is 5.86. The zero-order valence-electron chi connectivity index (χ0n) is 14.1. The first-order valence-corrected chi connectivity index (χ1v) is 8.08. The van der Waals surface area contributed by atoms with Gasteiger partial charge in [-0.05, 0) is 18.1 Å². The van der Waals surface area contributed by atoms with Crippen molar-refractivity contribution in [3.05, 3.63) is 65.9 Å². The van der Waals surface area contributed by atoms with Gasteiger partial charge >= 0.3 is 5.97 Å². The van der Waals surface area contributed by atoms with Crippen LogP contribution in [0.3, 0.4) is 0 Å². The molecule has 0 aliphatic carbocycles. The molecule has 0 aliphatic rings. The monoisotopic (exact) mass is 340 g/mol. The van der Waals surface area contributed by atoms with Crippen LogP contribution in [0.5, 0.6) is 5.75 Å². The SMILES string of the molecule is COC(=O)COc1cccc2c(CCOCc3ccccc3)coc12. The Balaban J connectivity index is 1.60. The zero-order valence-corrected chi connectivity index (χ0v) is 14.1. The fourth-order valence-electron chi connectivity index (χ4n) is 2.53. The Morgan fingerprint density at radius 1 is 1.08 bits per heavy atom. The number of rotatable bonds is 8. The van der Waals surface area contributed by atoms with Crippen LogP contribution >= 0.6 is 0 Å². The Bertz CT molecular complexity index is 822. The minimum atomic E-state index is -0.432. The van der Waals surface area contributed by atoms with Crippen LogP contribution in [0.15, 0.2) is 59.2 Å². The van der Waals surface area contributed by atoms with Gasteiger partial charge in [0.15, 0.2) is 17.9 Å². The number of benzene rings is 2. The molecule has 5 nitrogen and oxygen atoms in total. The van der Waals surface area contributed by atoms with Gasteiger partial charge in [-0.2, -0.15) is 0 Å². The standard InChI is InChI=1S/C20H20O5/c1-22-19(21)14-24-18-9-5-8-17-16(13-25-20(17)18)10-11-23-12-15-6-3-2-4-7-15/h2-9,13H,10-12,14H2,1H3. The Kier molecular flexibility index (Phi) is 5.69. The third kappa shape index (κ3) is 4.39. The highest BCUT2D eigenvalue weighted by Gasteiger charge is 2.12.